The SMILES string of the molecule is Cc1ccccc1C(=O)NCCC(=O)Nc1ccc(NC(=O)CC(C)C)cc1. The number of benzene rings is 2. The standard InChI is InChI=1S/C22H27N3O3/c1-15(2)14-21(27)25-18-10-8-17(9-11-18)24-20(26)12-13-23-22(28)19-7-5-4-6-16(19)3/h4-11,15H,12-14H2,1-3H3,(H,23,28)(H,24,26)(H,25,27). The van der Waals surface area contributed by atoms with Gasteiger partial charge in [0.05, 0.1) is 0 Å². The molecule has 0 aliphatic rings. The molecule has 28 heavy (non-hydrogen) atoms. The van der Waals surface area contributed by atoms with Crippen LogP contribution >= 0.6 is 0 Å². The fraction of sp³-hybridized carbons (Fsp3) is 0.318. The van der Waals surface area contributed by atoms with E-state index in [1.54, 1.807) is 30.3 Å². The topological polar surface area (TPSA) is 87.3 Å². The van der Waals surface area contributed by atoms with Crippen molar-refractivity contribution >= 4 is 29.1 Å². The van der Waals surface area contributed by atoms with Crippen LogP contribution in [0.1, 0.15) is 42.6 Å². The fourth-order valence-corrected chi connectivity index (χ4v) is 2.66. The molecule has 148 valence electrons. The minimum Gasteiger partial charge on any atom is -0.352 e. The zero-order valence-electron chi connectivity index (χ0n) is 16.5. The van der Waals surface area contributed by atoms with E-state index in [1.165, 1.54) is 0 Å². The predicted molar refractivity (Wildman–Crippen MR) is 111 cm³/mol. The Morgan fingerprint density at radius 1 is 0.857 bits per heavy atom. The van der Waals surface area contributed by atoms with Gasteiger partial charge >= 0.3 is 0 Å². The number of carbonyl (C=O) groups excluding carboxylic acids is 3. The minimum absolute atomic E-state index is 0.0313. The molecule has 0 aliphatic heterocycles. The van der Waals surface area contributed by atoms with Crippen LogP contribution < -0.4 is 16.0 Å². The predicted octanol–water partition coefficient (Wildman–Crippen LogP) is 3.74. The van der Waals surface area contributed by atoms with Gasteiger partial charge in [0.1, 0.15) is 0 Å². The van der Waals surface area contributed by atoms with Crippen LogP contribution in [0.15, 0.2) is 48.5 Å². The summed E-state index contributed by atoms with van der Waals surface area (Å²) in [5.74, 6) is -0.116. The lowest BCUT2D eigenvalue weighted by atomic mass is 10.1. The first kappa shape index (κ1) is 21.2. The summed E-state index contributed by atoms with van der Waals surface area (Å²) in [5, 5.41) is 8.35. The van der Waals surface area contributed by atoms with Crippen molar-refractivity contribution in [1.82, 2.24) is 5.32 Å². The van der Waals surface area contributed by atoms with Gasteiger partial charge in [0.25, 0.3) is 5.91 Å². The van der Waals surface area contributed by atoms with E-state index in [1.807, 2.05) is 39.0 Å². The molecule has 0 bridgehead atoms. The Morgan fingerprint density at radius 2 is 1.43 bits per heavy atom. The summed E-state index contributed by atoms with van der Waals surface area (Å²) in [6.45, 7) is 6.10. The van der Waals surface area contributed by atoms with Crippen LogP contribution in [0.25, 0.3) is 0 Å². The van der Waals surface area contributed by atoms with Gasteiger partial charge in [-0.15, -0.1) is 0 Å². The van der Waals surface area contributed by atoms with Gasteiger partial charge in [-0.2, -0.15) is 0 Å². The van der Waals surface area contributed by atoms with Crippen LogP contribution in [0.2, 0.25) is 0 Å². The summed E-state index contributed by atoms with van der Waals surface area (Å²) < 4.78 is 0. The Morgan fingerprint density at radius 3 is 2.00 bits per heavy atom. The second-order valence-electron chi connectivity index (χ2n) is 7.09. The molecule has 2 aromatic rings. The highest BCUT2D eigenvalue weighted by molar-refractivity contribution is 5.96. The van der Waals surface area contributed by atoms with Gasteiger partial charge in [0, 0.05) is 36.3 Å². The molecule has 0 fully saturated rings. The van der Waals surface area contributed by atoms with Crippen molar-refractivity contribution in [3.63, 3.8) is 0 Å². The molecule has 0 aromatic heterocycles. The largest absolute Gasteiger partial charge is 0.352 e. The monoisotopic (exact) mass is 381 g/mol. The van der Waals surface area contributed by atoms with Crippen molar-refractivity contribution in [3.05, 3.63) is 59.7 Å². The van der Waals surface area contributed by atoms with Gasteiger partial charge in [0.15, 0.2) is 0 Å². The first-order chi connectivity index (χ1) is 13.3. The van der Waals surface area contributed by atoms with E-state index in [-0.39, 0.29) is 30.7 Å². The molecular weight excluding hydrogens is 354 g/mol. The molecule has 0 saturated heterocycles. The molecule has 0 unspecified atom stereocenters. The number of aryl methyl sites for hydroxylation is 1. The van der Waals surface area contributed by atoms with Gasteiger partial charge < -0.3 is 16.0 Å². The minimum atomic E-state index is -0.193. The van der Waals surface area contributed by atoms with Crippen molar-refractivity contribution in [2.45, 2.75) is 33.6 Å². The van der Waals surface area contributed by atoms with Crippen molar-refractivity contribution in [1.29, 1.82) is 0 Å². The molecule has 3 N–H and O–H groups in total. The normalized spacial score (nSPS) is 10.4. The van der Waals surface area contributed by atoms with E-state index < -0.39 is 0 Å². The van der Waals surface area contributed by atoms with Crippen LogP contribution in [0.5, 0.6) is 0 Å². The first-order valence-electron chi connectivity index (χ1n) is 9.38. The molecular formula is C22H27N3O3. The Bertz CT molecular complexity index is 829. The van der Waals surface area contributed by atoms with Gasteiger partial charge in [-0.25, -0.2) is 0 Å². The number of rotatable bonds is 8. The molecule has 2 aromatic carbocycles. The number of hydrogen-bond donors (Lipinski definition) is 3. The lowest BCUT2D eigenvalue weighted by molar-refractivity contribution is -0.117. The summed E-state index contributed by atoms with van der Waals surface area (Å²) in [7, 11) is 0. The van der Waals surface area contributed by atoms with Gasteiger partial charge in [-0.1, -0.05) is 32.0 Å². The number of carbonyl (C=O) groups is 3. The molecule has 2 rings (SSSR count). The van der Waals surface area contributed by atoms with E-state index in [9.17, 15) is 14.4 Å². The van der Waals surface area contributed by atoms with Crippen LogP contribution in [0.4, 0.5) is 11.4 Å². The molecule has 0 spiro atoms. The van der Waals surface area contributed by atoms with Crippen molar-refractivity contribution < 1.29 is 14.4 Å². The van der Waals surface area contributed by atoms with Crippen molar-refractivity contribution in [3.8, 4) is 0 Å². The van der Waals surface area contributed by atoms with Crippen LogP contribution in [-0.2, 0) is 9.59 Å². The number of nitrogens with one attached hydrogen (secondary N) is 3. The van der Waals surface area contributed by atoms with E-state index in [0.29, 0.717) is 29.3 Å². The Hall–Kier alpha value is -3.15. The maximum Gasteiger partial charge on any atom is 0.251 e. The molecule has 0 radical (unpaired) electrons. The average molecular weight is 381 g/mol. The third-order valence-corrected chi connectivity index (χ3v) is 4.07. The smallest absolute Gasteiger partial charge is 0.251 e. The second kappa shape index (κ2) is 10.3. The van der Waals surface area contributed by atoms with Gasteiger partial charge in [-0.3, -0.25) is 14.4 Å². The lowest BCUT2D eigenvalue weighted by Gasteiger charge is -2.10. The highest BCUT2D eigenvalue weighted by Gasteiger charge is 2.09. The summed E-state index contributed by atoms with van der Waals surface area (Å²) in [4.78, 5) is 35.9. The Kier molecular flexibility index (Phi) is 7.75. The van der Waals surface area contributed by atoms with Crippen LogP contribution in [0.3, 0.4) is 0 Å². The van der Waals surface area contributed by atoms with Gasteiger partial charge in [-0.05, 0) is 48.7 Å². The highest BCUT2D eigenvalue weighted by atomic mass is 16.2. The molecule has 0 aliphatic carbocycles. The van der Waals surface area contributed by atoms with E-state index in [2.05, 4.69) is 16.0 Å². The molecule has 0 saturated carbocycles. The Balaban J connectivity index is 1.76. The fourth-order valence-electron chi connectivity index (χ4n) is 2.66. The number of amides is 3. The molecule has 0 heterocycles. The summed E-state index contributed by atoms with van der Waals surface area (Å²) >= 11 is 0. The molecule has 3 amide bonds. The highest BCUT2D eigenvalue weighted by Crippen LogP contribution is 2.15. The van der Waals surface area contributed by atoms with E-state index in [4.69, 9.17) is 0 Å². The van der Waals surface area contributed by atoms with Crippen LogP contribution in [0, 0.1) is 12.8 Å². The number of anilines is 2. The lowest BCUT2D eigenvalue weighted by Crippen LogP contribution is -2.28. The molecule has 0 atom stereocenters. The zero-order chi connectivity index (χ0) is 20.5. The first-order valence-corrected chi connectivity index (χ1v) is 9.38. The third kappa shape index (κ3) is 6.87. The third-order valence-electron chi connectivity index (χ3n) is 4.07. The maximum absolute atomic E-state index is 12.1. The van der Waals surface area contributed by atoms with Crippen molar-refractivity contribution in [2.75, 3.05) is 17.2 Å². The second-order valence-corrected chi connectivity index (χ2v) is 7.09. The van der Waals surface area contributed by atoms with E-state index in [0.717, 1.165) is 5.56 Å². The van der Waals surface area contributed by atoms with Crippen molar-refractivity contribution in [2.24, 2.45) is 5.92 Å². The maximum atomic E-state index is 12.1. The Labute approximate surface area is 165 Å². The summed E-state index contributed by atoms with van der Waals surface area (Å²) in [6.07, 6.45) is 0.636. The van der Waals surface area contributed by atoms with E-state index >= 15 is 0 Å². The summed E-state index contributed by atoms with van der Waals surface area (Å²) in [6, 6.07) is 14.3. The van der Waals surface area contributed by atoms with Gasteiger partial charge in [0.2, 0.25) is 11.8 Å². The molecule has 6 nitrogen and oxygen atoms in total. The average Bonchev–Trinajstić information content (AvgIpc) is 2.63. The number of hydrogen-bond acceptors (Lipinski definition) is 3. The zero-order valence-corrected chi connectivity index (χ0v) is 16.5. The van der Waals surface area contributed by atoms with Crippen LogP contribution in [-0.4, -0.2) is 24.3 Å². The molecule has 6 heteroatoms. The quantitative estimate of drug-likeness (QED) is 0.651. The summed E-state index contributed by atoms with van der Waals surface area (Å²) in [5.41, 5.74) is 2.83.